The van der Waals surface area contributed by atoms with Crippen LogP contribution in [0.3, 0.4) is 0 Å². The van der Waals surface area contributed by atoms with E-state index in [1.165, 1.54) is 23.4 Å². The van der Waals surface area contributed by atoms with Crippen molar-refractivity contribution in [2.24, 2.45) is 5.92 Å². The summed E-state index contributed by atoms with van der Waals surface area (Å²) in [4.78, 5) is 16.4. The summed E-state index contributed by atoms with van der Waals surface area (Å²) >= 11 is 0. The van der Waals surface area contributed by atoms with E-state index in [4.69, 9.17) is 0 Å². The van der Waals surface area contributed by atoms with E-state index in [9.17, 15) is 4.79 Å². The van der Waals surface area contributed by atoms with Gasteiger partial charge in [0.1, 0.15) is 0 Å². The van der Waals surface area contributed by atoms with Crippen LogP contribution in [-0.2, 0) is 9.63 Å². The second-order valence-electron chi connectivity index (χ2n) is 4.69. The number of hydroxylamine groups is 1. The van der Waals surface area contributed by atoms with Crippen molar-refractivity contribution in [2.45, 2.75) is 12.3 Å². The predicted molar refractivity (Wildman–Crippen MR) is 69.9 cm³/mol. The summed E-state index contributed by atoms with van der Waals surface area (Å²) in [6.45, 7) is 0. The molecule has 2 atom stereocenters. The highest BCUT2D eigenvalue weighted by Crippen LogP contribution is 2.49. The zero-order valence-electron chi connectivity index (χ0n) is 10.2. The Morgan fingerprint density at radius 1 is 1.22 bits per heavy atom. The van der Waals surface area contributed by atoms with Crippen molar-refractivity contribution < 1.29 is 9.63 Å². The summed E-state index contributed by atoms with van der Waals surface area (Å²) in [7, 11) is 1.47. The Bertz CT molecular complexity index is 589. The van der Waals surface area contributed by atoms with Gasteiger partial charge in [-0.05, 0) is 28.7 Å². The second kappa shape index (κ2) is 4.42. The van der Waals surface area contributed by atoms with Gasteiger partial charge in [0.05, 0.1) is 7.11 Å². The minimum atomic E-state index is -0.0181. The first-order chi connectivity index (χ1) is 8.81. The number of rotatable bonds is 3. The lowest BCUT2D eigenvalue weighted by Crippen LogP contribution is -2.23. The molecule has 1 saturated carbocycles. The number of hydrogen-bond acceptors (Lipinski definition) is 2. The van der Waals surface area contributed by atoms with Gasteiger partial charge in [-0.3, -0.25) is 9.63 Å². The minimum Gasteiger partial charge on any atom is -0.277 e. The average molecular weight is 241 g/mol. The van der Waals surface area contributed by atoms with Crippen LogP contribution in [0.15, 0.2) is 42.5 Å². The van der Waals surface area contributed by atoms with Crippen molar-refractivity contribution in [2.75, 3.05) is 7.11 Å². The van der Waals surface area contributed by atoms with Crippen molar-refractivity contribution in [1.82, 2.24) is 5.48 Å². The first-order valence-electron chi connectivity index (χ1n) is 6.12. The summed E-state index contributed by atoms with van der Waals surface area (Å²) in [6, 6.07) is 14.6. The summed E-state index contributed by atoms with van der Waals surface area (Å²) in [6.07, 6.45) is 0.906. The smallest absolute Gasteiger partial charge is 0.247 e. The van der Waals surface area contributed by atoms with Crippen molar-refractivity contribution in [3.8, 4) is 0 Å². The second-order valence-corrected chi connectivity index (χ2v) is 4.69. The van der Waals surface area contributed by atoms with Crippen LogP contribution in [-0.4, -0.2) is 13.0 Å². The first kappa shape index (κ1) is 11.2. The van der Waals surface area contributed by atoms with Crippen molar-refractivity contribution >= 4 is 16.7 Å². The molecule has 18 heavy (non-hydrogen) atoms. The van der Waals surface area contributed by atoms with Gasteiger partial charge < -0.3 is 0 Å². The van der Waals surface area contributed by atoms with Gasteiger partial charge in [0.15, 0.2) is 0 Å². The zero-order chi connectivity index (χ0) is 12.5. The van der Waals surface area contributed by atoms with Crippen molar-refractivity contribution in [3.63, 3.8) is 0 Å². The van der Waals surface area contributed by atoms with Gasteiger partial charge in [-0.15, -0.1) is 0 Å². The van der Waals surface area contributed by atoms with E-state index >= 15 is 0 Å². The van der Waals surface area contributed by atoms with E-state index in [1.807, 2.05) is 12.1 Å². The molecule has 0 bridgehead atoms. The van der Waals surface area contributed by atoms with E-state index < -0.39 is 0 Å². The monoisotopic (exact) mass is 241 g/mol. The van der Waals surface area contributed by atoms with Crippen LogP contribution < -0.4 is 5.48 Å². The maximum atomic E-state index is 11.7. The molecule has 0 spiro atoms. The molecule has 2 aromatic carbocycles. The topological polar surface area (TPSA) is 38.3 Å². The Kier molecular flexibility index (Phi) is 2.76. The molecule has 0 heterocycles. The highest BCUT2D eigenvalue weighted by Gasteiger charge is 2.44. The van der Waals surface area contributed by atoms with E-state index in [2.05, 4.69) is 40.6 Å². The van der Waals surface area contributed by atoms with Crippen LogP contribution in [0.1, 0.15) is 17.9 Å². The maximum absolute atomic E-state index is 11.7. The number of fused-ring (bicyclic) bond motifs is 1. The summed E-state index contributed by atoms with van der Waals surface area (Å²) < 4.78 is 0. The molecule has 3 rings (SSSR count). The maximum Gasteiger partial charge on any atom is 0.247 e. The highest BCUT2D eigenvalue weighted by atomic mass is 16.6. The largest absolute Gasteiger partial charge is 0.277 e. The van der Waals surface area contributed by atoms with Gasteiger partial charge in [-0.1, -0.05) is 42.5 Å². The highest BCUT2D eigenvalue weighted by molar-refractivity contribution is 5.89. The van der Waals surface area contributed by atoms with Crippen LogP contribution in [0.5, 0.6) is 0 Å². The molecule has 0 aromatic heterocycles. The van der Waals surface area contributed by atoms with Crippen LogP contribution in [0.4, 0.5) is 0 Å². The van der Waals surface area contributed by atoms with Crippen LogP contribution in [0, 0.1) is 5.92 Å². The zero-order valence-corrected chi connectivity index (χ0v) is 10.2. The van der Waals surface area contributed by atoms with E-state index in [1.54, 1.807) is 0 Å². The molecule has 1 amide bonds. The molecular formula is C15H15NO2. The summed E-state index contributed by atoms with van der Waals surface area (Å²) in [5.74, 6) is 0.359. The molecule has 3 nitrogen and oxygen atoms in total. The Morgan fingerprint density at radius 3 is 2.83 bits per heavy atom. The molecule has 0 aliphatic heterocycles. The molecule has 3 heteroatoms. The van der Waals surface area contributed by atoms with Crippen molar-refractivity contribution in [3.05, 3.63) is 48.0 Å². The van der Waals surface area contributed by atoms with Gasteiger partial charge in [0, 0.05) is 5.92 Å². The predicted octanol–water partition coefficient (Wildman–Crippen LogP) is 2.62. The molecule has 2 aromatic rings. The van der Waals surface area contributed by atoms with Gasteiger partial charge >= 0.3 is 0 Å². The van der Waals surface area contributed by atoms with E-state index in [-0.39, 0.29) is 11.8 Å². The fourth-order valence-electron chi connectivity index (χ4n) is 2.58. The lowest BCUT2D eigenvalue weighted by Gasteiger charge is -2.06. The first-order valence-corrected chi connectivity index (χ1v) is 6.12. The normalized spacial score (nSPS) is 21.8. The van der Waals surface area contributed by atoms with Crippen molar-refractivity contribution in [1.29, 1.82) is 0 Å². The molecule has 1 fully saturated rings. The third-order valence-electron chi connectivity index (χ3n) is 3.55. The van der Waals surface area contributed by atoms with E-state index in [0.29, 0.717) is 5.92 Å². The molecule has 1 aliphatic rings. The Morgan fingerprint density at radius 2 is 2.00 bits per heavy atom. The Balaban J connectivity index is 1.91. The molecule has 0 saturated heterocycles. The molecule has 0 unspecified atom stereocenters. The van der Waals surface area contributed by atoms with E-state index in [0.717, 1.165) is 6.42 Å². The van der Waals surface area contributed by atoms with Crippen LogP contribution >= 0.6 is 0 Å². The SMILES string of the molecule is CONC(=O)[C@@H]1C[C@@H]1c1cccc2ccccc12. The molecule has 92 valence electrons. The molecular weight excluding hydrogens is 226 g/mol. The summed E-state index contributed by atoms with van der Waals surface area (Å²) in [5.41, 5.74) is 3.68. The third-order valence-corrected chi connectivity index (χ3v) is 3.55. The van der Waals surface area contributed by atoms with Gasteiger partial charge in [-0.25, -0.2) is 5.48 Å². The number of amides is 1. The van der Waals surface area contributed by atoms with Gasteiger partial charge in [0.2, 0.25) is 5.91 Å². The lowest BCUT2D eigenvalue weighted by atomic mass is 10.00. The number of nitrogens with one attached hydrogen (secondary N) is 1. The molecule has 1 N–H and O–H groups in total. The minimum absolute atomic E-state index is 0.0181. The Labute approximate surface area is 106 Å². The number of carbonyl (C=O) groups excluding carboxylic acids is 1. The van der Waals surface area contributed by atoms with Crippen LogP contribution in [0.2, 0.25) is 0 Å². The standard InChI is InChI=1S/C15H15NO2/c1-18-16-15(17)14-9-13(14)12-8-4-6-10-5-2-3-7-11(10)12/h2-8,13-14H,9H2,1H3,(H,16,17)/t13-,14-/m1/s1. The van der Waals surface area contributed by atoms with Crippen LogP contribution in [0.25, 0.3) is 10.8 Å². The Hall–Kier alpha value is -1.87. The van der Waals surface area contributed by atoms with Gasteiger partial charge in [-0.2, -0.15) is 0 Å². The van der Waals surface area contributed by atoms with Gasteiger partial charge in [0.25, 0.3) is 0 Å². The third kappa shape index (κ3) is 1.87. The average Bonchev–Trinajstić information content (AvgIpc) is 3.18. The molecule has 0 radical (unpaired) electrons. The number of hydrogen-bond donors (Lipinski definition) is 1. The summed E-state index contributed by atoms with van der Waals surface area (Å²) in [5, 5.41) is 2.48. The fraction of sp³-hybridized carbons (Fsp3) is 0.267. The number of benzene rings is 2. The quantitative estimate of drug-likeness (QED) is 0.839. The number of carbonyl (C=O) groups is 1. The lowest BCUT2D eigenvalue weighted by molar-refractivity contribution is -0.132. The molecule has 1 aliphatic carbocycles. The fourth-order valence-corrected chi connectivity index (χ4v) is 2.58.